The molecule has 0 bridgehead atoms. The summed E-state index contributed by atoms with van der Waals surface area (Å²) in [6.07, 6.45) is 0. The molecule has 0 aliphatic rings. The maximum absolute atomic E-state index is 13.8. The average Bonchev–Trinajstić information content (AvgIpc) is 3.10. The molecule has 31 heavy (non-hydrogen) atoms. The summed E-state index contributed by atoms with van der Waals surface area (Å²) < 4.78 is 15.5. The van der Waals surface area contributed by atoms with E-state index in [4.69, 9.17) is 0 Å². The Labute approximate surface area is 184 Å². The van der Waals surface area contributed by atoms with Crippen LogP contribution in [0.25, 0.3) is 0 Å². The van der Waals surface area contributed by atoms with Gasteiger partial charge in [0.1, 0.15) is 5.82 Å². The van der Waals surface area contributed by atoms with E-state index in [2.05, 4.69) is 20.8 Å². The maximum atomic E-state index is 13.8. The number of rotatable bonds is 7. The second-order valence-electron chi connectivity index (χ2n) is 7.23. The van der Waals surface area contributed by atoms with Gasteiger partial charge in [-0.15, -0.1) is 10.2 Å². The Hall–Kier alpha value is -3.20. The van der Waals surface area contributed by atoms with E-state index < -0.39 is 17.8 Å². The van der Waals surface area contributed by atoms with Gasteiger partial charge in [0.2, 0.25) is 5.91 Å². The number of thioether (sulfide) groups is 1. The van der Waals surface area contributed by atoms with Crippen molar-refractivity contribution in [2.45, 2.75) is 32.0 Å². The quantitative estimate of drug-likeness (QED) is 0.545. The van der Waals surface area contributed by atoms with Crippen LogP contribution in [0.4, 0.5) is 10.1 Å². The molecule has 3 rings (SSSR count). The molecule has 0 aliphatic heterocycles. The van der Waals surface area contributed by atoms with E-state index in [0.717, 1.165) is 16.8 Å². The molecule has 162 valence electrons. The lowest BCUT2D eigenvalue weighted by Crippen LogP contribution is -2.29. The molecule has 0 unspecified atom stereocenters. The summed E-state index contributed by atoms with van der Waals surface area (Å²) in [4.78, 5) is 24.7. The molecule has 1 heterocycles. The Kier molecular flexibility index (Phi) is 7.06. The van der Waals surface area contributed by atoms with Crippen molar-refractivity contribution in [1.29, 1.82) is 0 Å². The average molecular weight is 442 g/mol. The number of aromatic nitrogens is 3. The van der Waals surface area contributed by atoms with Gasteiger partial charge in [-0.25, -0.2) is 4.39 Å². The van der Waals surface area contributed by atoms with Gasteiger partial charge < -0.3 is 15.2 Å². The second kappa shape index (κ2) is 9.74. The standard InChI is InChI=1S/C22H24FN5O2S/c1-13-9-10-14(2)18(11-13)25-19(29)12-31-22-27-26-20(28(22)4)15(3)24-21(30)16-7-5-6-8-17(16)23/h5-11,15H,12H2,1-4H3,(H,24,30)(H,25,29)/t15-/m1/s1. The SMILES string of the molecule is Cc1ccc(C)c(NC(=O)CSc2nnc([C@@H](C)NC(=O)c3ccccc3F)n2C)c1. The van der Waals surface area contributed by atoms with Crippen molar-refractivity contribution in [1.82, 2.24) is 20.1 Å². The van der Waals surface area contributed by atoms with Gasteiger partial charge in [-0.3, -0.25) is 9.59 Å². The van der Waals surface area contributed by atoms with Crippen LogP contribution < -0.4 is 10.6 Å². The van der Waals surface area contributed by atoms with E-state index >= 15 is 0 Å². The highest BCUT2D eigenvalue weighted by atomic mass is 32.2. The number of nitrogens with one attached hydrogen (secondary N) is 2. The summed E-state index contributed by atoms with van der Waals surface area (Å²) in [6.45, 7) is 5.65. The number of benzene rings is 2. The molecule has 9 heteroatoms. The fourth-order valence-electron chi connectivity index (χ4n) is 3.00. The lowest BCUT2D eigenvalue weighted by molar-refractivity contribution is -0.113. The molecule has 1 aromatic heterocycles. The topological polar surface area (TPSA) is 88.9 Å². The fraction of sp³-hybridized carbons (Fsp3) is 0.273. The number of carbonyl (C=O) groups is 2. The van der Waals surface area contributed by atoms with Gasteiger partial charge >= 0.3 is 0 Å². The number of amides is 2. The lowest BCUT2D eigenvalue weighted by atomic mass is 10.1. The first-order chi connectivity index (χ1) is 14.8. The number of anilines is 1. The van der Waals surface area contributed by atoms with Crippen molar-refractivity contribution < 1.29 is 14.0 Å². The van der Waals surface area contributed by atoms with E-state index in [1.165, 1.54) is 30.0 Å². The van der Waals surface area contributed by atoms with E-state index in [0.29, 0.717) is 11.0 Å². The van der Waals surface area contributed by atoms with Gasteiger partial charge in [-0.2, -0.15) is 0 Å². The van der Waals surface area contributed by atoms with Crippen molar-refractivity contribution >= 4 is 29.3 Å². The van der Waals surface area contributed by atoms with Crippen LogP contribution in [0.1, 0.15) is 40.3 Å². The van der Waals surface area contributed by atoms with E-state index in [1.807, 2.05) is 32.0 Å². The molecule has 2 N–H and O–H groups in total. The third-order valence-corrected chi connectivity index (χ3v) is 5.74. The summed E-state index contributed by atoms with van der Waals surface area (Å²) in [7, 11) is 1.76. The van der Waals surface area contributed by atoms with Crippen LogP contribution in [0.3, 0.4) is 0 Å². The van der Waals surface area contributed by atoms with Gasteiger partial charge in [-0.1, -0.05) is 36.0 Å². The fourth-order valence-corrected chi connectivity index (χ4v) is 3.72. The van der Waals surface area contributed by atoms with E-state index in [1.54, 1.807) is 24.6 Å². The predicted octanol–water partition coefficient (Wildman–Crippen LogP) is 3.79. The van der Waals surface area contributed by atoms with Gasteiger partial charge in [0, 0.05) is 12.7 Å². The third kappa shape index (κ3) is 5.49. The molecule has 0 saturated carbocycles. The second-order valence-corrected chi connectivity index (χ2v) is 8.17. The molecular formula is C22H24FN5O2S. The molecule has 7 nitrogen and oxygen atoms in total. The Morgan fingerprint density at radius 3 is 2.65 bits per heavy atom. The number of hydrogen-bond acceptors (Lipinski definition) is 5. The van der Waals surface area contributed by atoms with Crippen molar-refractivity contribution in [2.24, 2.45) is 7.05 Å². The Morgan fingerprint density at radius 1 is 1.16 bits per heavy atom. The van der Waals surface area contributed by atoms with Gasteiger partial charge in [0.05, 0.1) is 17.4 Å². The lowest BCUT2D eigenvalue weighted by Gasteiger charge is -2.14. The summed E-state index contributed by atoms with van der Waals surface area (Å²) in [5, 5.41) is 14.4. The van der Waals surface area contributed by atoms with E-state index in [9.17, 15) is 14.0 Å². The Morgan fingerprint density at radius 2 is 1.90 bits per heavy atom. The van der Waals surface area contributed by atoms with Crippen LogP contribution >= 0.6 is 11.8 Å². The molecule has 0 fully saturated rings. The van der Waals surface area contributed by atoms with Crippen LogP contribution in [0.2, 0.25) is 0 Å². The van der Waals surface area contributed by atoms with E-state index in [-0.39, 0.29) is 17.2 Å². The summed E-state index contributed by atoms with van der Waals surface area (Å²) in [5.41, 5.74) is 2.81. The zero-order valence-corrected chi connectivity index (χ0v) is 18.6. The van der Waals surface area contributed by atoms with Gasteiger partial charge in [0.15, 0.2) is 11.0 Å². The highest BCUT2D eigenvalue weighted by Gasteiger charge is 2.20. The molecule has 3 aromatic rings. The minimum Gasteiger partial charge on any atom is -0.342 e. The smallest absolute Gasteiger partial charge is 0.254 e. The molecule has 2 aromatic carbocycles. The highest BCUT2D eigenvalue weighted by Crippen LogP contribution is 2.21. The first-order valence-electron chi connectivity index (χ1n) is 9.71. The van der Waals surface area contributed by atoms with Crippen LogP contribution in [-0.4, -0.2) is 32.3 Å². The molecular weight excluding hydrogens is 417 g/mol. The zero-order valence-electron chi connectivity index (χ0n) is 17.8. The number of nitrogens with zero attached hydrogens (tertiary/aromatic N) is 3. The molecule has 0 radical (unpaired) electrons. The predicted molar refractivity (Wildman–Crippen MR) is 119 cm³/mol. The maximum Gasteiger partial charge on any atom is 0.254 e. The molecule has 2 amide bonds. The van der Waals surface area contributed by atoms with Crippen LogP contribution in [-0.2, 0) is 11.8 Å². The van der Waals surface area contributed by atoms with Crippen molar-refractivity contribution in [2.75, 3.05) is 11.1 Å². The monoisotopic (exact) mass is 441 g/mol. The van der Waals surface area contributed by atoms with Gasteiger partial charge in [0.25, 0.3) is 5.91 Å². The summed E-state index contributed by atoms with van der Waals surface area (Å²) in [5.74, 6) is -0.603. The normalized spacial score (nSPS) is 11.8. The van der Waals surface area contributed by atoms with Crippen LogP contribution in [0.5, 0.6) is 0 Å². The number of halogens is 1. The minimum atomic E-state index is -0.587. The number of hydrogen-bond donors (Lipinski definition) is 2. The van der Waals surface area contributed by atoms with Gasteiger partial charge in [-0.05, 0) is 50.1 Å². The summed E-state index contributed by atoms with van der Waals surface area (Å²) >= 11 is 1.25. The highest BCUT2D eigenvalue weighted by molar-refractivity contribution is 7.99. The van der Waals surface area contributed by atoms with Crippen LogP contribution in [0, 0.1) is 19.7 Å². The third-order valence-electron chi connectivity index (χ3n) is 4.72. The molecule has 1 atom stereocenters. The first-order valence-corrected chi connectivity index (χ1v) is 10.7. The minimum absolute atomic E-state index is 0.0331. The zero-order chi connectivity index (χ0) is 22.5. The van der Waals surface area contributed by atoms with Crippen molar-refractivity contribution in [3.63, 3.8) is 0 Å². The number of carbonyl (C=O) groups excluding carboxylic acids is 2. The molecule has 0 spiro atoms. The molecule has 0 saturated heterocycles. The summed E-state index contributed by atoms with van der Waals surface area (Å²) in [6, 6.07) is 11.2. The van der Waals surface area contributed by atoms with Crippen LogP contribution in [0.15, 0.2) is 47.6 Å². The Bertz CT molecular complexity index is 1120. The molecule has 0 aliphatic carbocycles. The van der Waals surface area contributed by atoms with Crippen molar-refractivity contribution in [3.8, 4) is 0 Å². The number of aryl methyl sites for hydroxylation is 2. The largest absolute Gasteiger partial charge is 0.342 e. The van der Waals surface area contributed by atoms with Crippen molar-refractivity contribution in [3.05, 3.63) is 70.8 Å². The Balaban J connectivity index is 1.60. The first kappa shape index (κ1) is 22.5.